The number of halogens is 1. The Morgan fingerprint density at radius 1 is 1.60 bits per heavy atom. The molecule has 1 rings (SSSR count). The van der Waals surface area contributed by atoms with Gasteiger partial charge in [0.1, 0.15) is 23.7 Å². The SMILES string of the molecule is Cc1ccc(OCC(C)(N)C#N)cc1F. The molecule has 0 heterocycles. The van der Waals surface area contributed by atoms with Gasteiger partial charge in [-0.1, -0.05) is 6.07 Å². The highest BCUT2D eigenvalue weighted by molar-refractivity contribution is 5.28. The van der Waals surface area contributed by atoms with Crippen LogP contribution in [0.2, 0.25) is 0 Å². The van der Waals surface area contributed by atoms with E-state index in [1.165, 1.54) is 6.07 Å². The van der Waals surface area contributed by atoms with E-state index in [2.05, 4.69) is 0 Å². The summed E-state index contributed by atoms with van der Waals surface area (Å²) in [6.45, 7) is 3.25. The Morgan fingerprint density at radius 2 is 2.27 bits per heavy atom. The van der Waals surface area contributed by atoms with Crippen molar-refractivity contribution in [2.24, 2.45) is 5.73 Å². The summed E-state index contributed by atoms with van der Waals surface area (Å²) in [5.41, 5.74) is 5.05. The van der Waals surface area contributed by atoms with Gasteiger partial charge in [-0.2, -0.15) is 5.26 Å². The van der Waals surface area contributed by atoms with E-state index in [1.807, 2.05) is 6.07 Å². The van der Waals surface area contributed by atoms with Crippen LogP contribution in [0.15, 0.2) is 18.2 Å². The summed E-state index contributed by atoms with van der Waals surface area (Å²) in [6, 6.07) is 6.44. The van der Waals surface area contributed by atoms with Crippen LogP contribution in [0, 0.1) is 24.1 Å². The molecule has 0 bridgehead atoms. The second-order valence-corrected chi connectivity index (χ2v) is 3.73. The highest BCUT2D eigenvalue weighted by Gasteiger charge is 2.18. The van der Waals surface area contributed by atoms with Crippen LogP contribution in [0.4, 0.5) is 4.39 Å². The third-order valence-electron chi connectivity index (χ3n) is 1.94. The van der Waals surface area contributed by atoms with Crippen molar-refractivity contribution >= 4 is 0 Å². The molecule has 0 fully saturated rings. The number of hydrogen-bond donors (Lipinski definition) is 1. The molecule has 0 aliphatic rings. The number of nitrogens with two attached hydrogens (primary N) is 1. The van der Waals surface area contributed by atoms with E-state index < -0.39 is 5.54 Å². The summed E-state index contributed by atoms with van der Waals surface area (Å²) in [7, 11) is 0. The van der Waals surface area contributed by atoms with Gasteiger partial charge in [0.25, 0.3) is 0 Å². The minimum absolute atomic E-state index is 0.0337. The fraction of sp³-hybridized carbons (Fsp3) is 0.364. The van der Waals surface area contributed by atoms with Crippen molar-refractivity contribution in [3.8, 4) is 11.8 Å². The first-order chi connectivity index (χ1) is 6.94. The topological polar surface area (TPSA) is 59.0 Å². The van der Waals surface area contributed by atoms with Gasteiger partial charge in [-0.3, -0.25) is 0 Å². The number of hydrogen-bond acceptors (Lipinski definition) is 3. The lowest BCUT2D eigenvalue weighted by molar-refractivity contribution is 0.263. The summed E-state index contributed by atoms with van der Waals surface area (Å²) >= 11 is 0. The Kier molecular flexibility index (Phi) is 3.28. The van der Waals surface area contributed by atoms with E-state index in [-0.39, 0.29) is 12.4 Å². The maximum atomic E-state index is 13.1. The van der Waals surface area contributed by atoms with Crippen LogP contribution in [0.25, 0.3) is 0 Å². The lowest BCUT2D eigenvalue weighted by Gasteiger charge is -2.16. The van der Waals surface area contributed by atoms with Gasteiger partial charge in [-0.25, -0.2) is 4.39 Å². The number of nitriles is 1. The molecular formula is C11H13FN2O. The molecule has 0 aromatic heterocycles. The average molecular weight is 208 g/mol. The van der Waals surface area contributed by atoms with Crippen LogP contribution in [0.1, 0.15) is 12.5 Å². The van der Waals surface area contributed by atoms with E-state index in [4.69, 9.17) is 15.7 Å². The summed E-state index contributed by atoms with van der Waals surface area (Å²) in [4.78, 5) is 0. The Morgan fingerprint density at radius 3 is 2.80 bits per heavy atom. The molecule has 1 aromatic rings. The van der Waals surface area contributed by atoms with Gasteiger partial charge in [-0.15, -0.1) is 0 Å². The minimum Gasteiger partial charge on any atom is -0.490 e. The Bertz CT molecular complexity index is 396. The zero-order valence-electron chi connectivity index (χ0n) is 8.75. The third kappa shape index (κ3) is 3.22. The monoisotopic (exact) mass is 208 g/mol. The predicted molar refractivity (Wildman–Crippen MR) is 54.8 cm³/mol. The van der Waals surface area contributed by atoms with Crippen LogP contribution < -0.4 is 10.5 Å². The van der Waals surface area contributed by atoms with Crippen molar-refractivity contribution < 1.29 is 9.13 Å². The molecule has 3 nitrogen and oxygen atoms in total. The zero-order chi connectivity index (χ0) is 11.5. The fourth-order valence-corrected chi connectivity index (χ4v) is 0.929. The molecule has 0 saturated carbocycles. The van der Waals surface area contributed by atoms with Crippen LogP contribution in [0.3, 0.4) is 0 Å². The van der Waals surface area contributed by atoms with Crippen LogP contribution in [-0.2, 0) is 0 Å². The van der Waals surface area contributed by atoms with Gasteiger partial charge in [0.15, 0.2) is 0 Å². The van der Waals surface area contributed by atoms with E-state index in [9.17, 15) is 4.39 Å². The predicted octanol–water partition coefficient (Wildman–Crippen LogP) is 1.75. The smallest absolute Gasteiger partial charge is 0.135 e. The average Bonchev–Trinajstić information content (AvgIpc) is 2.20. The molecule has 0 aliphatic heterocycles. The first-order valence-corrected chi connectivity index (χ1v) is 4.54. The van der Waals surface area contributed by atoms with Crippen LogP contribution in [-0.4, -0.2) is 12.1 Å². The van der Waals surface area contributed by atoms with Gasteiger partial charge in [-0.05, 0) is 25.5 Å². The molecule has 2 N–H and O–H groups in total. The fourth-order valence-electron chi connectivity index (χ4n) is 0.929. The Balaban J connectivity index is 2.67. The third-order valence-corrected chi connectivity index (χ3v) is 1.94. The lowest BCUT2D eigenvalue weighted by atomic mass is 10.1. The van der Waals surface area contributed by atoms with Crippen molar-refractivity contribution in [1.29, 1.82) is 5.26 Å². The second kappa shape index (κ2) is 4.28. The van der Waals surface area contributed by atoms with Crippen molar-refractivity contribution in [3.05, 3.63) is 29.6 Å². The molecule has 1 aromatic carbocycles. The Labute approximate surface area is 88.3 Å². The summed E-state index contributed by atoms with van der Waals surface area (Å²) in [5, 5.41) is 8.64. The molecule has 0 spiro atoms. The molecule has 1 atom stereocenters. The van der Waals surface area contributed by atoms with Gasteiger partial charge in [0.05, 0.1) is 6.07 Å². The standard InChI is InChI=1S/C11H13FN2O/c1-8-3-4-9(5-10(8)12)15-7-11(2,14)6-13/h3-5H,7,14H2,1-2H3. The summed E-state index contributed by atoms with van der Waals surface area (Å²) in [5.74, 6) is 0.0493. The quantitative estimate of drug-likeness (QED) is 0.823. The van der Waals surface area contributed by atoms with Crippen LogP contribution >= 0.6 is 0 Å². The molecule has 0 aliphatic carbocycles. The van der Waals surface area contributed by atoms with E-state index in [0.29, 0.717) is 11.3 Å². The molecule has 15 heavy (non-hydrogen) atoms. The first kappa shape index (κ1) is 11.5. The van der Waals surface area contributed by atoms with Gasteiger partial charge < -0.3 is 10.5 Å². The molecule has 1 unspecified atom stereocenters. The molecule has 0 radical (unpaired) electrons. The van der Waals surface area contributed by atoms with E-state index >= 15 is 0 Å². The van der Waals surface area contributed by atoms with E-state index in [1.54, 1.807) is 26.0 Å². The number of nitrogens with zero attached hydrogens (tertiary/aromatic N) is 1. The number of aryl methyl sites for hydroxylation is 1. The van der Waals surface area contributed by atoms with Crippen molar-refractivity contribution in [2.45, 2.75) is 19.4 Å². The van der Waals surface area contributed by atoms with Gasteiger partial charge >= 0.3 is 0 Å². The highest BCUT2D eigenvalue weighted by atomic mass is 19.1. The summed E-state index contributed by atoms with van der Waals surface area (Å²) < 4.78 is 18.3. The normalized spacial score (nSPS) is 14.1. The summed E-state index contributed by atoms with van der Waals surface area (Å²) in [6.07, 6.45) is 0. The van der Waals surface area contributed by atoms with Gasteiger partial charge in [0, 0.05) is 6.07 Å². The second-order valence-electron chi connectivity index (χ2n) is 3.73. The molecule has 80 valence electrons. The van der Waals surface area contributed by atoms with Crippen molar-refractivity contribution in [1.82, 2.24) is 0 Å². The number of ether oxygens (including phenoxy) is 1. The minimum atomic E-state index is -1.05. The Hall–Kier alpha value is -1.60. The largest absolute Gasteiger partial charge is 0.490 e. The zero-order valence-corrected chi connectivity index (χ0v) is 8.75. The highest BCUT2D eigenvalue weighted by Crippen LogP contribution is 2.16. The molecular weight excluding hydrogens is 195 g/mol. The van der Waals surface area contributed by atoms with Gasteiger partial charge in [0.2, 0.25) is 0 Å². The number of rotatable bonds is 3. The maximum absolute atomic E-state index is 13.1. The van der Waals surface area contributed by atoms with Crippen molar-refractivity contribution in [2.75, 3.05) is 6.61 Å². The molecule has 0 saturated heterocycles. The maximum Gasteiger partial charge on any atom is 0.135 e. The van der Waals surface area contributed by atoms with Crippen molar-refractivity contribution in [3.63, 3.8) is 0 Å². The molecule has 4 heteroatoms. The van der Waals surface area contributed by atoms with E-state index in [0.717, 1.165) is 0 Å². The number of benzene rings is 1. The molecule has 0 amide bonds. The lowest BCUT2D eigenvalue weighted by Crippen LogP contribution is -2.40. The van der Waals surface area contributed by atoms with Crippen LogP contribution in [0.5, 0.6) is 5.75 Å². The first-order valence-electron chi connectivity index (χ1n) is 4.54.